The van der Waals surface area contributed by atoms with Crippen LogP contribution in [0.2, 0.25) is 0 Å². The Balaban J connectivity index is 1.36. The van der Waals surface area contributed by atoms with Gasteiger partial charge in [0.15, 0.2) is 0 Å². The summed E-state index contributed by atoms with van der Waals surface area (Å²) >= 11 is 5.07. The molecule has 4 unspecified atom stereocenters. The second-order valence-electron chi connectivity index (χ2n) is 24.3. The van der Waals surface area contributed by atoms with Crippen LogP contribution in [0.3, 0.4) is 0 Å². The third-order valence-electron chi connectivity index (χ3n) is 18.8. The number of fused-ring (bicyclic) bond motifs is 9. The minimum atomic E-state index is -0.169. The molecule has 4 atom stereocenters. The Hall–Kier alpha value is -3.45. The summed E-state index contributed by atoms with van der Waals surface area (Å²) in [5, 5.41) is 2.74. The molecule has 0 saturated carbocycles. The fourth-order valence-electron chi connectivity index (χ4n) is 14.4. The molecule has 0 radical (unpaired) electrons. The van der Waals surface area contributed by atoms with Gasteiger partial charge in [0.25, 0.3) is 0 Å². The number of hydrogen-bond donors (Lipinski definition) is 0. The van der Waals surface area contributed by atoms with Gasteiger partial charge in [0, 0.05) is 41.1 Å². The molecule has 0 N–H and O–H groups in total. The van der Waals surface area contributed by atoms with Crippen molar-refractivity contribution in [1.82, 2.24) is 8.75 Å². The van der Waals surface area contributed by atoms with Crippen molar-refractivity contribution in [2.45, 2.75) is 234 Å². The summed E-state index contributed by atoms with van der Waals surface area (Å²) in [5.41, 5.74) is 15.4. The van der Waals surface area contributed by atoms with E-state index in [1.807, 2.05) is 22.7 Å². The van der Waals surface area contributed by atoms with Gasteiger partial charge < -0.3 is 0 Å². The fraction of sp³-hybridized carbons (Fsp3) is 0.588. The van der Waals surface area contributed by atoms with Crippen LogP contribution in [0.4, 0.5) is 4.39 Å². The van der Waals surface area contributed by atoms with Crippen LogP contribution in [-0.4, -0.2) is 8.75 Å². The Kier molecular flexibility index (Phi) is 17.7. The minimum absolute atomic E-state index is 0.0262. The van der Waals surface area contributed by atoms with Gasteiger partial charge in [0.1, 0.15) is 16.9 Å². The van der Waals surface area contributed by atoms with Crippen molar-refractivity contribution in [2.75, 3.05) is 0 Å². The van der Waals surface area contributed by atoms with E-state index in [0.29, 0.717) is 35.2 Å². The number of benzene rings is 4. The lowest BCUT2D eigenvalue weighted by Gasteiger charge is -2.40. The summed E-state index contributed by atoms with van der Waals surface area (Å²) < 4.78 is 28.5. The number of unbranched alkanes of at least 4 members (excludes halogenated alkanes) is 4. The lowest BCUT2D eigenvalue weighted by molar-refractivity contribution is 0.264. The quantitative estimate of drug-likeness (QED) is 0.0513. The summed E-state index contributed by atoms with van der Waals surface area (Å²) in [5.74, 6) is 2.96. The first-order chi connectivity index (χ1) is 35.8. The van der Waals surface area contributed by atoms with E-state index < -0.39 is 0 Å². The van der Waals surface area contributed by atoms with Gasteiger partial charge in [-0.25, -0.2) is 4.39 Å². The zero-order valence-electron chi connectivity index (χ0n) is 47.8. The second-order valence-corrected chi connectivity index (χ2v) is 27.0. The topological polar surface area (TPSA) is 25.8 Å². The third-order valence-corrected chi connectivity index (χ3v) is 21.9. The van der Waals surface area contributed by atoms with Crippen LogP contribution in [0.5, 0.6) is 0 Å². The smallest absolute Gasteiger partial charge is 0.129 e. The summed E-state index contributed by atoms with van der Waals surface area (Å²) in [6.07, 6.45) is 25.0. The lowest BCUT2D eigenvalue weighted by Crippen LogP contribution is -2.32. The van der Waals surface area contributed by atoms with Crippen molar-refractivity contribution in [2.24, 2.45) is 23.7 Å². The summed E-state index contributed by atoms with van der Waals surface area (Å²) in [6, 6.07) is 23.1. The highest BCUT2D eigenvalue weighted by Crippen LogP contribution is 2.64. The maximum Gasteiger partial charge on any atom is 0.129 e. The molecule has 74 heavy (non-hydrogen) atoms. The number of rotatable bonds is 27. The van der Waals surface area contributed by atoms with E-state index in [0.717, 1.165) is 21.5 Å². The molecule has 0 bridgehead atoms. The van der Waals surface area contributed by atoms with E-state index in [-0.39, 0.29) is 22.6 Å². The van der Waals surface area contributed by atoms with E-state index in [1.54, 1.807) is 33.9 Å². The minimum Gasteiger partial charge on any atom is -0.207 e. The zero-order chi connectivity index (χ0) is 52.5. The molecule has 7 aromatic rings. The van der Waals surface area contributed by atoms with Gasteiger partial charge in [-0.2, -0.15) is 8.75 Å². The summed E-state index contributed by atoms with van der Waals surface area (Å²) in [4.78, 5) is 2.59. The predicted molar refractivity (Wildman–Crippen MR) is 326 cm³/mol. The van der Waals surface area contributed by atoms with Gasteiger partial charge >= 0.3 is 0 Å². The molecule has 398 valence electrons. The Morgan fingerprint density at radius 1 is 0.446 bits per heavy atom. The van der Waals surface area contributed by atoms with Crippen molar-refractivity contribution < 1.29 is 4.39 Å². The molecule has 6 heteroatoms. The number of hydrogen-bond acceptors (Lipinski definition) is 5. The molecule has 3 heterocycles. The molecule has 2 aliphatic carbocycles. The SMILES string of the molecule is CCCCC(CC)CC1(CC(CC)CCCC)c2cc3c(cc2-c2cc4sc(-c5cc(F)c(C(C)C)c6nsnc56)cc4cc21)C(CC(CC)CCCC)(CC(CC)CCCC)c1cc2cc(C(C)C)sc2cc1-3. The Morgan fingerprint density at radius 2 is 0.851 bits per heavy atom. The monoisotopic (exact) mass is 1050 g/mol. The number of nitrogens with zero attached hydrogens (tertiary/aromatic N) is 2. The maximum absolute atomic E-state index is 16.2. The van der Waals surface area contributed by atoms with Crippen LogP contribution in [0, 0.1) is 29.5 Å². The van der Waals surface area contributed by atoms with Gasteiger partial charge in [-0.1, -0.05) is 186 Å². The normalized spacial score (nSPS) is 18.7. The predicted octanol–water partition coefficient (Wildman–Crippen LogP) is 23.1. The standard InChI is InChI=1S/C68H91FN2S3/c1-13-21-25-44(17-5)38-67(39-45(18-6)26-22-14-2)55-29-48-31-60(42(9)10)72-61(48)36-52(55)50-33-58-51(34-57(50)67)53-37-62-49(32-63(73-62)54-35-59(69)64(43(11)12)66-65(54)70-74-71-66)30-56(53)68(58,40-46(19-7)27-23-15-3)41-47(20-8)28-24-16-4/h29-37,42-47H,13-28,38-41H2,1-12H3. The van der Waals surface area contributed by atoms with E-state index in [1.165, 1.54) is 182 Å². The van der Waals surface area contributed by atoms with Gasteiger partial charge in [-0.15, -0.1) is 22.7 Å². The molecule has 3 aromatic heterocycles. The van der Waals surface area contributed by atoms with E-state index in [4.69, 9.17) is 8.75 Å². The van der Waals surface area contributed by atoms with Crippen LogP contribution < -0.4 is 0 Å². The highest BCUT2D eigenvalue weighted by molar-refractivity contribution is 7.22. The average Bonchev–Trinajstić information content (AvgIpc) is 4.23. The third kappa shape index (κ3) is 10.3. The van der Waals surface area contributed by atoms with Crippen molar-refractivity contribution >= 4 is 65.6 Å². The maximum atomic E-state index is 16.2. The largest absolute Gasteiger partial charge is 0.207 e. The second kappa shape index (κ2) is 23.7. The van der Waals surface area contributed by atoms with Crippen LogP contribution in [0.15, 0.2) is 54.6 Å². The molecule has 2 nitrogen and oxygen atoms in total. The van der Waals surface area contributed by atoms with Crippen molar-refractivity contribution in [1.29, 1.82) is 0 Å². The van der Waals surface area contributed by atoms with Gasteiger partial charge in [-0.05, 0) is 171 Å². The fourth-order valence-corrected chi connectivity index (χ4v) is 17.2. The first-order valence-electron chi connectivity index (χ1n) is 30.1. The van der Waals surface area contributed by atoms with Crippen molar-refractivity contribution in [3.05, 3.63) is 93.1 Å². The van der Waals surface area contributed by atoms with Crippen LogP contribution >= 0.6 is 34.4 Å². The van der Waals surface area contributed by atoms with Crippen molar-refractivity contribution in [3.63, 3.8) is 0 Å². The Morgan fingerprint density at radius 3 is 1.27 bits per heavy atom. The highest BCUT2D eigenvalue weighted by atomic mass is 32.1. The van der Waals surface area contributed by atoms with Gasteiger partial charge in [0.2, 0.25) is 0 Å². The molecule has 9 rings (SSSR count). The van der Waals surface area contributed by atoms with Crippen LogP contribution in [0.1, 0.15) is 256 Å². The lowest BCUT2D eigenvalue weighted by atomic mass is 9.63. The molecule has 2 aliphatic rings. The van der Waals surface area contributed by atoms with Crippen molar-refractivity contribution in [3.8, 4) is 32.7 Å². The molecule has 4 aromatic carbocycles. The van der Waals surface area contributed by atoms with E-state index in [9.17, 15) is 0 Å². The average molecular weight is 1050 g/mol. The van der Waals surface area contributed by atoms with Gasteiger partial charge in [-0.3, -0.25) is 0 Å². The van der Waals surface area contributed by atoms with Crippen LogP contribution in [-0.2, 0) is 10.8 Å². The van der Waals surface area contributed by atoms with Gasteiger partial charge in [0.05, 0.1) is 11.7 Å². The highest BCUT2D eigenvalue weighted by Gasteiger charge is 2.51. The number of thiophene rings is 2. The van der Waals surface area contributed by atoms with E-state index >= 15 is 4.39 Å². The molecule has 0 spiro atoms. The summed E-state index contributed by atoms with van der Waals surface area (Å²) in [6.45, 7) is 28.3. The zero-order valence-corrected chi connectivity index (χ0v) is 50.2. The summed E-state index contributed by atoms with van der Waals surface area (Å²) in [7, 11) is 0. The van der Waals surface area contributed by atoms with E-state index in [2.05, 4.69) is 132 Å². The molecule has 0 aliphatic heterocycles. The molecule has 0 saturated heterocycles. The number of halogens is 1. The first-order valence-corrected chi connectivity index (χ1v) is 32.5. The first kappa shape index (κ1) is 55.3. The Labute approximate surface area is 459 Å². The molecule has 0 fully saturated rings. The molecule has 0 amide bonds. The Bertz CT molecular complexity index is 3000. The number of aromatic nitrogens is 2. The molecular formula is C68H91FN2S3. The molecular weight excluding hydrogens is 960 g/mol. The van der Waals surface area contributed by atoms with Crippen LogP contribution in [0.25, 0.3) is 63.9 Å².